The summed E-state index contributed by atoms with van der Waals surface area (Å²) in [5.74, 6) is 0.814. The smallest absolute Gasteiger partial charge is 0.120 e. The van der Waals surface area contributed by atoms with Crippen LogP contribution in [0.5, 0.6) is 5.75 Å². The quantitative estimate of drug-likeness (QED) is 0.777. The molecule has 21 heavy (non-hydrogen) atoms. The molecule has 0 unspecified atom stereocenters. The van der Waals surface area contributed by atoms with E-state index in [1.807, 2.05) is 54.6 Å². The largest absolute Gasteiger partial charge is 0.489 e. The van der Waals surface area contributed by atoms with E-state index in [0.717, 1.165) is 21.8 Å². The number of hydrogen-bond acceptors (Lipinski definition) is 4. The number of benzene rings is 2. The molecule has 2 aromatic carbocycles. The molecule has 0 bridgehead atoms. The summed E-state index contributed by atoms with van der Waals surface area (Å²) in [6, 6.07) is 17.9. The van der Waals surface area contributed by atoms with E-state index in [9.17, 15) is 5.11 Å². The minimum atomic E-state index is -0.0477. The van der Waals surface area contributed by atoms with E-state index < -0.39 is 0 Å². The van der Waals surface area contributed by atoms with E-state index in [0.29, 0.717) is 12.3 Å². The maximum atomic E-state index is 9.30. The molecule has 0 radical (unpaired) electrons. The predicted octanol–water partition coefficient (Wildman–Crippen LogP) is 3.88. The van der Waals surface area contributed by atoms with Gasteiger partial charge in [0.05, 0.1) is 22.7 Å². The fourth-order valence-corrected chi connectivity index (χ4v) is 2.89. The zero-order valence-electron chi connectivity index (χ0n) is 11.4. The van der Waals surface area contributed by atoms with Crippen LogP contribution in [0.3, 0.4) is 0 Å². The monoisotopic (exact) mass is 297 g/mol. The number of thiazole rings is 1. The van der Waals surface area contributed by atoms with Crippen LogP contribution in [0.15, 0.2) is 60.1 Å². The predicted molar refractivity (Wildman–Crippen MR) is 84.2 cm³/mol. The molecule has 0 aliphatic carbocycles. The zero-order chi connectivity index (χ0) is 14.5. The van der Waals surface area contributed by atoms with Gasteiger partial charge in [0.15, 0.2) is 0 Å². The first kappa shape index (κ1) is 13.8. The van der Waals surface area contributed by atoms with Gasteiger partial charge < -0.3 is 9.84 Å². The molecule has 4 heteroatoms. The molecule has 0 aliphatic heterocycles. The Labute approximate surface area is 127 Å². The van der Waals surface area contributed by atoms with Crippen LogP contribution in [0.4, 0.5) is 0 Å². The van der Waals surface area contributed by atoms with Crippen molar-refractivity contribution in [3.05, 3.63) is 71.4 Å². The lowest BCUT2D eigenvalue weighted by Crippen LogP contribution is -1.95. The number of aromatic nitrogens is 1. The lowest BCUT2D eigenvalue weighted by Gasteiger charge is -2.08. The van der Waals surface area contributed by atoms with Crippen molar-refractivity contribution < 1.29 is 9.84 Å². The molecule has 0 fully saturated rings. The molecule has 0 amide bonds. The fourth-order valence-electron chi connectivity index (χ4n) is 2.08. The average molecular weight is 297 g/mol. The number of nitrogens with zero attached hydrogens (tertiary/aromatic N) is 1. The van der Waals surface area contributed by atoms with E-state index in [1.54, 1.807) is 5.51 Å². The molecule has 1 heterocycles. The standard InChI is InChI=1S/C17H15NO2S/c19-10-16-17(21-12-18-16)14-7-4-8-15(9-14)20-11-13-5-2-1-3-6-13/h1-9,12,19H,10-11H2. The Morgan fingerprint density at radius 1 is 1.05 bits per heavy atom. The highest BCUT2D eigenvalue weighted by Crippen LogP contribution is 2.30. The van der Waals surface area contributed by atoms with Crippen molar-refractivity contribution in [3.63, 3.8) is 0 Å². The number of ether oxygens (including phenoxy) is 1. The fraction of sp³-hybridized carbons (Fsp3) is 0.118. The molecular formula is C17H15NO2S. The summed E-state index contributed by atoms with van der Waals surface area (Å²) in [4.78, 5) is 5.15. The second kappa shape index (κ2) is 6.52. The summed E-state index contributed by atoms with van der Waals surface area (Å²) < 4.78 is 5.83. The van der Waals surface area contributed by atoms with E-state index in [2.05, 4.69) is 4.98 Å². The minimum Gasteiger partial charge on any atom is -0.489 e. The Morgan fingerprint density at radius 3 is 2.71 bits per heavy atom. The van der Waals surface area contributed by atoms with Crippen LogP contribution in [-0.2, 0) is 13.2 Å². The first-order valence-electron chi connectivity index (χ1n) is 6.67. The van der Waals surface area contributed by atoms with Crippen LogP contribution in [0, 0.1) is 0 Å². The zero-order valence-corrected chi connectivity index (χ0v) is 12.2. The van der Waals surface area contributed by atoms with Gasteiger partial charge in [-0.1, -0.05) is 42.5 Å². The van der Waals surface area contributed by atoms with Crippen LogP contribution in [-0.4, -0.2) is 10.1 Å². The molecule has 0 aliphatic rings. The average Bonchev–Trinajstić information content (AvgIpc) is 3.03. The summed E-state index contributed by atoms with van der Waals surface area (Å²) in [5, 5.41) is 9.30. The number of hydrogen-bond donors (Lipinski definition) is 1. The first-order valence-corrected chi connectivity index (χ1v) is 7.55. The summed E-state index contributed by atoms with van der Waals surface area (Å²) in [6.07, 6.45) is 0. The van der Waals surface area contributed by atoms with Gasteiger partial charge >= 0.3 is 0 Å². The van der Waals surface area contributed by atoms with Crippen molar-refractivity contribution in [1.82, 2.24) is 4.98 Å². The Bertz CT molecular complexity index is 710. The number of rotatable bonds is 5. The highest BCUT2D eigenvalue weighted by molar-refractivity contribution is 7.13. The van der Waals surface area contributed by atoms with Crippen LogP contribution in [0.2, 0.25) is 0 Å². The van der Waals surface area contributed by atoms with Crippen molar-refractivity contribution >= 4 is 11.3 Å². The van der Waals surface area contributed by atoms with Gasteiger partial charge in [-0.3, -0.25) is 0 Å². The van der Waals surface area contributed by atoms with Gasteiger partial charge in [0, 0.05) is 0 Å². The molecule has 0 saturated carbocycles. The molecule has 0 atom stereocenters. The summed E-state index contributed by atoms with van der Waals surface area (Å²) in [6.45, 7) is 0.494. The third kappa shape index (κ3) is 3.29. The molecule has 3 aromatic rings. The third-order valence-electron chi connectivity index (χ3n) is 3.14. The lowest BCUT2D eigenvalue weighted by atomic mass is 10.1. The van der Waals surface area contributed by atoms with Crippen LogP contribution < -0.4 is 4.74 Å². The van der Waals surface area contributed by atoms with Gasteiger partial charge in [-0.15, -0.1) is 11.3 Å². The van der Waals surface area contributed by atoms with Gasteiger partial charge in [-0.25, -0.2) is 4.98 Å². The normalized spacial score (nSPS) is 10.5. The SMILES string of the molecule is OCc1ncsc1-c1cccc(OCc2ccccc2)c1. The Balaban J connectivity index is 1.77. The highest BCUT2D eigenvalue weighted by atomic mass is 32.1. The van der Waals surface area contributed by atoms with Gasteiger partial charge in [0.1, 0.15) is 12.4 Å². The van der Waals surface area contributed by atoms with Crippen LogP contribution in [0.1, 0.15) is 11.3 Å². The van der Waals surface area contributed by atoms with Crippen molar-refractivity contribution in [2.45, 2.75) is 13.2 Å². The third-order valence-corrected chi connectivity index (χ3v) is 4.05. The Hall–Kier alpha value is -2.17. The maximum Gasteiger partial charge on any atom is 0.120 e. The van der Waals surface area contributed by atoms with Crippen molar-refractivity contribution in [3.8, 4) is 16.2 Å². The maximum absolute atomic E-state index is 9.30. The highest BCUT2D eigenvalue weighted by Gasteiger charge is 2.08. The molecule has 0 spiro atoms. The Morgan fingerprint density at radius 2 is 1.90 bits per heavy atom. The molecule has 0 saturated heterocycles. The molecule has 1 N–H and O–H groups in total. The van der Waals surface area contributed by atoms with Crippen molar-refractivity contribution in [2.24, 2.45) is 0 Å². The molecular weight excluding hydrogens is 282 g/mol. The van der Waals surface area contributed by atoms with E-state index >= 15 is 0 Å². The van der Waals surface area contributed by atoms with Gasteiger partial charge in [0.2, 0.25) is 0 Å². The lowest BCUT2D eigenvalue weighted by molar-refractivity contribution is 0.278. The van der Waals surface area contributed by atoms with Crippen molar-refractivity contribution in [2.75, 3.05) is 0 Å². The first-order chi connectivity index (χ1) is 10.4. The number of aliphatic hydroxyl groups is 1. The van der Waals surface area contributed by atoms with Crippen LogP contribution >= 0.6 is 11.3 Å². The second-order valence-corrected chi connectivity index (χ2v) is 5.44. The number of aliphatic hydroxyl groups excluding tert-OH is 1. The molecule has 3 nitrogen and oxygen atoms in total. The molecule has 106 valence electrons. The van der Waals surface area contributed by atoms with Crippen LogP contribution in [0.25, 0.3) is 10.4 Å². The molecule has 3 rings (SSSR count). The molecule has 1 aromatic heterocycles. The second-order valence-electron chi connectivity index (χ2n) is 4.59. The minimum absolute atomic E-state index is 0.0477. The van der Waals surface area contributed by atoms with E-state index in [1.165, 1.54) is 11.3 Å². The topological polar surface area (TPSA) is 42.4 Å². The summed E-state index contributed by atoms with van der Waals surface area (Å²) >= 11 is 1.52. The Kier molecular flexibility index (Phi) is 4.28. The van der Waals surface area contributed by atoms with Crippen molar-refractivity contribution in [1.29, 1.82) is 0 Å². The van der Waals surface area contributed by atoms with Gasteiger partial charge in [-0.2, -0.15) is 0 Å². The van der Waals surface area contributed by atoms with E-state index in [-0.39, 0.29) is 6.61 Å². The van der Waals surface area contributed by atoms with Gasteiger partial charge in [-0.05, 0) is 23.3 Å². The summed E-state index contributed by atoms with van der Waals surface area (Å²) in [7, 11) is 0. The summed E-state index contributed by atoms with van der Waals surface area (Å²) in [5.41, 5.74) is 4.61. The van der Waals surface area contributed by atoms with Gasteiger partial charge in [0.25, 0.3) is 0 Å². The van der Waals surface area contributed by atoms with E-state index in [4.69, 9.17) is 4.74 Å².